The minimum atomic E-state index is 0.252. The van der Waals surface area contributed by atoms with Gasteiger partial charge in [0.15, 0.2) is 0 Å². The topological polar surface area (TPSA) is 49.9 Å². The largest absolute Gasteiger partial charge is 0.378 e. The molecule has 2 fully saturated rings. The van der Waals surface area contributed by atoms with Crippen molar-refractivity contribution in [1.29, 1.82) is 0 Å². The van der Waals surface area contributed by atoms with Crippen LogP contribution in [0.3, 0.4) is 0 Å². The van der Waals surface area contributed by atoms with Crippen LogP contribution < -0.4 is 0 Å². The molecule has 0 aliphatic carbocycles. The molecule has 5 heteroatoms. The monoisotopic (exact) mass is 282 g/mol. The summed E-state index contributed by atoms with van der Waals surface area (Å²) < 4.78 is 5.59. The highest BCUT2D eigenvalue weighted by Gasteiger charge is 2.18. The Labute approximate surface area is 121 Å². The first-order valence-electron chi connectivity index (χ1n) is 7.90. The third-order valence-corrected chi connectivity index (χ3v) is 4.10. The van der Waals surface area contributed by atoms with E-state index in [4.69, 9.17) is 4.74 Å². The summed E-state index contributed by atoms with van der Waals surface area (Å²) in [6.45, 7) is 4.26. The lowest BCUT2D eigenvalue weighted by atomic mass is 10.1. The van der Waals surface area contributed by atoms with Crippen LogP contribution in [-0.2, 0) is 14.3 Å². The maximum Gasteiger partial charge on any atom is 0.222 e. The second kappa shape index (κ2) is 8.25. The van der Waals surface area contributed by atoms with E-state index in [1.807, 2.05) is 9.80 Å². The molecule has 2 aliphatic rings. The van der Waals surface area contributed by atoms with Crippen molar-refractivity contribution < 1.29 is 14.3 Å². The molecule has 0 radical (unpaired) electrons. The fourth-order valence-electron chi connectivity index (χ4n) is 2.82. The lowest BCUT2D eigenvalue weighted by molar-refractivity contribution is -0.134. The van der Waals surface area contributed by atoms with E-state index in [1.165, 1.54) is 0 Å². The molecule has 2 rings (SSSR count). The summed E-state index contributed by atoms with van der Waals surface area (Å²) in [6.07, 6.45) is 6.77. The molecule has 0 aromatic rings. The van der Waals surface area contributed by atoms with E-state index in [0.29, 0.717) is 39.1 Å². The summed E-state index contributed by atoms with van der Waals surface area (Å²) in [5.41, 5.74) is 0. The van der Waals surface area contributed by atoms with Gasteiger partial charge in [-0.3, -0.25) is 9.59 Å². The molecule has 0 N–H and O–H groups in total. The number of hydrogen-bond donors (Lipinski definition) is 0. The number of carbonyl (C=O) groups is 2. The first-order chi connectivity index (χ1) is 9.77. The maximum atomic E-state index is 11.8. The molecule has 0 bridgehead atoms. The lowest BCUT2D eigenvalue weighted by Gasteiger charge is -2.26. The number of nitrogens with zero attached hydrogens (tertiary/aromatic N) is 2. The Hall–Kier alpha value is -1.10. The molecular formula is C15H26N2O3. The maximum absolute atomic E-state index is 11.8. The highest BCUT2D eigenvalue weighted by molar-refractivity contribution is 5.77. The van der Waals surface area contributed by atoms with Gasteiger partial charge in [-0.2, -0.15) is 0 Å². The lowest BCUT2D eigenvalue weighted by Crippen LogP contribution is -2.38. The van der Waals surface area contributed by atoms with Gasteiger partial charge in [0.1, 0.15) is 0 Å². The van der Waals surface area contributed by atoms with Gasteiger partial charge in [-0.05, 0) is 25.7 Å². The molecule has 114 valence electrons. The molecule has 5 nitrogen and oxygen atoms in total. The molecule has 0 spiro atoms. The zero-order valence-corrected chi connectivity index (χ0v) is 12.3. The Balaban J connectivity index is 1.56. The fourth-order valence-corrected chi connectivity index (χ4v) is 2.82. The Kier molecular flexibility index (Phi) is 6.30. The summed E-state index contributed by atoms with van der Waals surface area (Å²) in [5, 5.41) is 0. The van der Waals surface area contributed by atoms with Gasteiger partial charge in [-0.1, -0.05) is 6.42 Å². The Morgan fingerprint density at radius 3 is 1.85 bits per heavy atom. The number of carbonyl (C=O) groups excluding carboxylic acids is 2. The quantitative estimate of drug-likeness (QED) is 0.692. The van der Waals surface area contributed by atoms with Gasteiger partial charge < -0.3 is 14.5 Å². The molecule has 20 heavy (non-hydrogen) atoms. The van der Waals surface area contributed by atoms with Crippen molar-refractivity contribution in [3.05, 3.63) is 0 Å². The zero-order chi connectivity index (χ0) is 14.2. The van der Waals surface area contributed by atoms with E-state index in [1.54, 1.807) is 0 Å². The summed E-state index contributed by atoms with van der Waals surface area (Å²) in [4.78, 5) is 27.2. The number of ether oxygens (including phenoxy) is 1. The second-order valence-corrected chi connectivity index (χ2v) is 5.64. The second-order valence-electron chi connectivity index (χ2n) is 5.64. The Morgan fingerprint density at radius 1 is 0.750 bits per heavy atom. The first-order valence-corrected chi connectivity index (χ1v) is 7.90. The van der Waals surface area contributed by atoms with Crippen LogP contribution in [0.4, 0.5) is 0 Å². The minimum absolute atomic E-state index is 0.252. The van der Waals surface area contributed by atoms with Crippen LogP contribution >= 0.6 is 0 Å². The van der Waals surface area contributed by atoms with Crippen molar-refractivity contribution >= 4 is 11.8 Å². The zero-order valence-electron chi connectivity index (χ0n) is 12.3. The van der Waals surface area contributed by atoms with Crippen molar-refractivity contribution in [1.82, 2.24) is 9.80 Å². The van der Waals surface area contributed by atoms with Crippen molar-refractivity contribution in [3.8, 4) is 0 Å². The smallest absolute Gasteiger partial charge is 0.222 e. The first kappa shape index (κ1) is 15.3. The summed E-state index contributed by atoms with van der Waals surface area (Å²) in [6, 6.07) is 0. The summed E-state index contributed by atoms with van der Waals surface area (Å²) >= 11 is 0. The van der Waals surface area contributed by atoms with E-state index in [0.717, 1.165) is 45.2 Å². The minimum Gasteiger partial charge on any atom is -0.378 e. The molecular weight excluding hydrogens is 256 g/mol. The van der Waals surface area contributed by atoms with Gasteiger partial charge in [0.25, 0.3) is 0 Å². The predicted octanol–water partition coefficient (Wildman–Crippen LogP) is 1.42. The third-order valence-electron chi connectivity index (χ3n) is 4.10. The van der Waals surface area contributed by atoms with Crippen LogP contribution in [0.25, 0.3) is 0 Å². The normalized spacial score (nSPS) is 21.2. The highest BCUT2D eigenvalue weighted by Crippen LogP contribution is 2.11. The van der Waals surface area contributed by atoms with Crippen LogP contribution in [0.1, 0.15) is 44.9 Å². The van der Waals surface area contributed by atoms with Crippen molar-refractivity contribution in [3.63, 3.8) is 0 Å². The molecule has 0 unspecified atom stereocenters. The van der Waals surface area contributed by atoms with E-state index >= 15 is 0 Å². The van der Waals surface area contributed by atoms with Crippen LogP contribution in [0.2, 0.25) is 0 Å². The van der Waals surface area contributed by atoms with Crippen molar-refractivity contribution in [2.45, 2.75) is 44.9 Å². The molecule has 0 atom stereocenters. The number of hydrogen-bond acceptors (Lipinski definition) is 3. The van der Waals surface area contributed by atoms with Gasteiger partial charge in [-0.25, -0.2) is 0 Å². The van der Waals surface area contributed by atoms with E-state index in [-0.39, 0.29) is 11.8 Å². The van der Waals surface area contributed by atoms with Gasteiger partial charge in [0.05, 0.1) is 13.2 Å². The molecule has 2 amide bonds. The van der Waals surface area contributed by atoms with Crippen LogP contribution in [0, 0.1) is 0 Å². The summed E-state index contributed by atoms with van der Waals surface area (Å²) in [5.74, 6) is 0.514. The molecule has 0 aromatic carbocycles. The van der Waals surface area contributed by atoms with Crippen LogP contribution in [-0.4, -0.2) is 61.0 Å². The molecule has 2 aliphatic heterocycles. The Morgan fingerprint density at radius 2 is 1.25 bits per heavy atom. The van der Waals surface area contributed by atoms with Crippen LogP contribution in [0.15, 0.2) is 0 Å². The Bertz CT molecular complexity index is 333. The molecule has 2 heterocycles. The van der Waals surface area contributed by atoms with Gasteiger partial charge in [0, 0.05) is 39.0 Å². The standard InChI is InChI=1S/C15H26N2O3/c18-14-6-2-1-4-8-16(14)10-12-20-13-11-17-9-5-3-7-15(17)19/h1-13H2. The average Bonchev–Trinajstić information content (AvgIpc) is 2.65. The SMILES string of the molecule is O=C1CCCCCN1CCOCCN1CCCCC1=O. The summed E-state index contributed by atoms with van der Waals surface area (Å²) in [7, 11) is 0. The molecule has 0 aromatic heterocycles. The van der Waals surface area contributed by atoms with Crippen molar-refractivity contribution in [2.75, 3.05) is 39.4 Å². The molecule has 0 saturated carbocycles. The number of amides is 2. The third kappa shape index (κ3) is 4.78. The predicted molar refractivity (Wildman–Crippen MR) is 76.3 cm³/mol. The van der Waals surface area contributed by atoms with Crippen LogP contribution in [0.5, 0.6) is 0 Å². The van der Waals surface area contributed by atoms with Crippen molar-refractivity contribution in [2.24, 2.45) is 0 Å². The van der Waals surface area contributed by atoms with E-state index in [2.05, 4.69) is 0 Å². The highest BCUT2D eigenvalue weighted by atomic mass is 16.5. The molecule has 2 saturated heterocycles. The number of rotatable bonds is 6. The van der Waals surface area contributed by atoms with Gasteiger partial charge in [0.2, 0.25) is 11.8 Å². The van der Waals surface area contributed by atoms with Gasteiger partial charge in [-0.15, -0.1) is 0 Å². The average molecular weight is 282 g/mol. The number of piperidine rings is 1. The number of likely N-dealkylation sites (tertiary alicyclic amines) is 2. The van der Waals surface area contributed by atoms with Gasteiger partial charge >= 0.3 is 0 Å². The van der Waals surface area contributed by atoms with E-state index in [9.17, 15) is 9.59 Å². The van der Waals surface area contributed by atoms with E-state index < -0.39 is 0 Å². The fraction of sp³-hybridized carbons (Fsp3) is 0.867.